The largest absolute Gasteiger partial charge is 0.302 e. The fourth-order valence-corrected chi connectivity index (χ4v) is 3.90. The lowest BCUT2D eigenvalue weighted by molar-refractivity contribution is -0.116. The van der Waals surface area contributed by atoms with Crippen LogP contribution in [0.5, 0.6) is 0 Å². The molecule has 2 heterocycles. The Labute approximate surface area is 137 Å². The van der Waals surface area contributed by atoms with Gasteiger partial charge in [-0.1, -0.05) is 12.1 Å². The molecule has 0 spiro atoms. The number of hydrogen-bond donors (Lipinski definition) is 1. The van der Waals surface area contributed by atoms with Crippen LogP contribution in [-0.4, -0.2) is 15.9 Å². The fourth-order valence-electron chi connectivity index (χ4n) is 2.18. The highest BCUT2D eigenvalue weighted by molar-refractivity contribution is 7.18. The van der Waals surface area contributed by atoms with Gasteiger partial charge in [-0.3, -0.25) is 4.79 Å². The minimum atomic E-state index is 0.0404. The van der Waals surface area contributed by atoms with E-state index in [1.807, 2.05) is 30.5 Å². The monoisotopic (exact) mass is 331 g/mol. The highest BCUT2D eigenvalue weighted by Crippen LogP contribution is 2.23. The zero-order valence-electron chi connectivity index (χ0n) is 12.3. The number of aryl methyl sites for hydroxylation is 2. The molecule has 1 N–H and O–H groups in total. The summed E-state index contributed by atoms with van der Waals surface area (Å²) in [5.74, 6) is 0.0404. The van der Waals surface area contributed by atoms with Gasteiger partial charge < -0.3 is 5.32 Å². The first-order valence-corrected chi connectivity index (χ1v) is 8.97. The number of nitrogens with zero attached hydrogens (tertiary/aromatic N) is 2. The van der Waals surface area contributed by atoms with E-state index in [1.165, 1.54) is 16.0 Å². The molecule has 1 amide bonds. The number of unbranched alkanes of at least 4 members (excludes halogenated alkanes) is 1. The van der Waals surface area contributed by atoms with Crippen molar-refractivity contribution in [1.82, 2.24) is 9.97 Å². The number of carbonyl (C=O) groups is 1. The van der Waals surface area contributed by atoms with Crippen molar-refractivity contribution in [2.45, 2.75) is 32.6 Å². The van der Waals surface area contributed by atoms with Crippen LogP contribution in [-0.2, 0) is 11.2 Å². The van der Waals surface area contributed by atoms with Crippen molar-refractivity contribution in [3.05, 3.63) is 40.3 Å². The molecule has 0 aliphatic carbocycles. The molecule has 0 saturated heterocycles. The molecule has 0 unspecified atom stereocenters. The lowest BCUT2D eigenvalue weighted by Crippen LogP contribution is -2.10. The second kappa shape index (κ2) is 6.98. The van der Waals surface area contributed by atoms with E-state index in [0.717, 1.165) is 35.5 Å². The molecular formula is C16H17N3OS2. The van der Waals surface area contributed by atoms with Crippen molar-refractivity contribution >= 4 is 43.9 Å². The van der Waals surface area contributed by atoms with Gasteiger partial charge in [0.2, 0.25) is 5.91 Å². The summed E-state index contributed by atoms with van der Waals surface area (Å²) in [6.45, 7) is 1.92. The van der Waals surface area contributed by atoms with Gasteiger partial charge in [-0.25, -0.2) is 9.97 Å². The molecule has 0 atom stereocenters. The Kier molecular flexibility index (Phi) is 4.80. The Balaban J connectivity index is 1.42. The number of para-hydroxylation sites is 1. The SMILES string of the molecule is Cc1csc(NC(=O)CCCCc2nc3ccccc3s2)n1. The van der Waals surface area contributed by atoms with Crippen LogP contribution >= 0.6 is 22.7 Å². The maximum Gasteiger partial charge on any atom is 0.226 e. The third-order valence-corrected chi connectivity index (χ3v) is 5.22. The number of rotatable bonds is 6. The van der Waals surface area contributed by atoms with Gasteiger partial charge in [0, 0.05) is 11.8 Å². The summed E-state index contributed by atoms with van der Waals surface area (Å²) >= 11 is 3.21. The summed E-state index contributed by atoms with van der Waals surface area (Å²) in [5, 5.41) is 6.61. The van der Waals surface area contributed by atoms with Crippen molar-refractivity contribution < 1.29 is 4.79 Å². The van der Waals surface area contributed by atoms with E-state index in [2.05, 4.69) is 21.4 Å². The number of carbonyl (C=O) groups excluding carboxylic acids is 1. The molecule has 4 nitrogen and oxygen atoms in total. The summed E-state index contributed by atoms with van der Waals surface area (Å²) in [6.07, 6.45) is 3.31. The minimum Gasteiger partial charge on any atom is -0.302 e. The van der Waals surface area contributed by atoms with Crippen LogP contribution < -0.4 is 5.32 Å². The smallest absolute Gasteiger partial charge is 0.226 e. The highest BCUT2D eigenvalue weighted by atomic mass is 32.1. The first kappa shape index (κ1) is 15.1. The second-order valence-electron chi connectivity index (χ2n) is 5.12. The van der Waals surface area contributed by atoms with Crippen LogP contribution in [0.3, 0.4) is 0 Å². The van der Waals surface area contributed by atoms with Gasteiger partial charge in [-0.15, -0.1) is 22.7 Å². The fraction of sp³-hybridized carbons (Fsp3) is 0.312. The zero-order valence-corrected chi connectivity index (χ0v) is 14.0. The molecule has 0 aliphatic rings. The lowest BCUT2D eigenvalue weighted by atomic mass is 10.2. The molecule has 0 aliphatic heterocycles. The van der Waals surface area contributed by atoms with E-state index >= 15 is 0 Å². The molecule has 3 aromatic rings. The molecule has 22 heavy (non-hydrogen) atoms. The summed E-state index contributed by atoms with van der Waals surface area (Å²) in [6, 6.07) is 8.18. The van der Waals surface area contributed by atoms with E-state index < -0.39 is 0 Å². The Morgan fingerprint density at radius 1 is 1.23 bits per heavy atom. The normalized spacial score (nSPS) is 11.0. The first-order valence-electron chi connectivity index (χ1n) is 7.27. The zero-order chi connectivity index (χ0) is 15.4. The highest BCUT2D eigenvalue weighted by Gasteiger charge is 2.06. The first-order chi connectivity index (χ1) is 10.7. The molecule has 114 valence electrons. The van der Waals surface area contributed by atoms with E-state index in [0.29, 0.717) is 11.6 Å². The van der Waals surface area contributed by atoms with Crippen LogP contribution in [0.2, 0.25) is 0 Å². The lowest BCUT2D eigenvalue weighted by Gasteiger charge is -2.01. The molecule has 0 fully saturated rings. The maximum absolute atomic E-state index is 11.8. The summed E-state index contributed by atoms with van der Waals surface area (Å²) in [5.41, 5.74) is 2.01. The number of fused-ring (bicyclic) bond motifs is 1. The Morgan fingerprint density at radius 3 is 2.86 bits per heavy atom. The summed E-state index contributed by atoms with van der Waals surface area (Å²) in [7, 11) is 0. The quantitative estimate of drug-likeness (QED) is 0.681. The Bertz CT molecular complexity index is 745. The second-order valence-corrected chi connectivity index (χ2v) is 7.10. The van der Waals surface area contributed by atoms with Gasteiger partial charge in [0.25, 0.3) is 0 Å². The average Bonchev–Trinajstić information content (AvgIpc) is 3.09. The molecule has 3 rings (SSSR count). The average molecular weight is 331 g/mol. The van der Waals surface area contributed by atoms with E-state index in [4.69, 9.17) is 0 Å². The molecular weight excluding hydrogens is 314 g/mol. The van der Waals surface area contributed by atoms with Gasteiger partial charge in [-0.05, 0) is 38.3 Å². The van der Waals surface area contributed by atoms with Crippen LogP contribution in [0.25, 0.3) is 10.2 Å². The number of aromatic nitrogens is 2. The van der Waals surface area contributed by atoms with Gasteiger partial charge in [0.1, 0.15) is 0 Å². The van der Waals surface area contributed by atoms with Crippen LogP contribution in [0.1, 0.15) is 30.0 Å². The van der Waals surface area contributed by atoms with Crippen LogP contribution in [0, 0.1) is 6.92 Å². The maximum atomic E-state index is 11.8. The third-order valence-electron chi connectivity index (χ3n) is 3.25. The molecule has 0 bridgehead atoms. The number of nitrogens with one attached hydrogen (secondary N) is 1. The van der Waals surface area contributed by atoms with Gasteiger partial charge in [0.05, 0.1) is 20.9 Å². The van der Waals surface area contributed by atoms with Crippen molar-refractivity contribution in [1.29, 1.82) is 0 Å². The molecule has 1 aromatic carbocycles. The van der Waals surface area contributed by atoms with Crippen molar-refractivity contribution in [3.8, 4) is 0 Å². The number of thiazole rings is 2. The van der Waals surface area contributed by atoms with E-state index in [-0.39, 0.29) is 5.91 Å². The van der Waals surface area contributed by atoms with Gasteiger partial charge >= 0.3 is 0 Å². The minimum absolute atomic E-state index is 0.0404. The van der Waals surface area contributed by atoms with Crippen molar-refractivity contribution in [2.75, 3.05) is 5.32 Å². The Hall–Kier alpha value is -1.79. The predicted molar refractivity (Wildman–Crippen MR) is 92.7 cm³/mol. The molecule has 2 aromatic heterocycles. The summed E-state index contributed by atoms with van der Waals surface area (Å²) in [4.78, 5) is 20.7. The topological polar surface area (TPSA) is 54.9 Å². The van der Waals surface area contributed by atoms with Crippen molar-refractivity contribution in [2.24, 2.45) is 0 Å². The van der Waals surface area contributed by atoms with Crippen LogP contribution in [0.4, 0.5) is 5.13 Å². The Morgan fingerprint density at radius 2 is 2.09 bits per heavy atom. The molecule has 0 radical (unpaired) electrons. The van der Waals surface area contributed by atoms with E-state index in [1.54, 1.807) is 11.3 Å². The molecule has 0 saturated carbocycles. The number of benzene rings is 1. The number of amides is 1. The number of anilines is 1. The third kappa shape index (κ3) is 3.90. The standard InChI is InChI=1S/C16H17N3OS2/c1-11-10-21-16(17-11)19-14(20)8-4-5-9-15-18-12-6-2-3-7-13(12)22-15/h2-3,6-7,10H,4-5,8-9H2,1H3,(H,17,19,20). The molecule has 6 heteroatoms. The van der Waals surface area contributed by atoms with Crippen molar-refractivity contribution in [3.63, 3.8) is 0 Å². The van der Waals surface area contributed by atoms with E-state index in [9.17, 15) is 4.79 Å². The van der Waals surface area contributed by atoms with Gasteiger partial charge in [-0.2, -0.15) is 0 Å². The van der Waals surface area contributed by atoms with Gasteiger partial charge in [0.15, 0.2) is 5.13 Å². The van der Waals surface area contributed by atoms with Crippen LogP contribution in [0.15, 0.2) is 29.6 Å². The number of hydrogen-bond acceptors (Lipinski definition) is 5. The predicted octanol–water partition coefficient (Wildman–Crippen LogP) is 4.41. The summed E-state index contributed by atoms with van der Waals surface area (Å²) < 4.78 is 1.23.